The van der Waals surface area contributed by atoms with E-state index in [-0.39, 0.29) is 19.1 Å². The molecule has 1 saturated heterocycles. The van der Waals surface area contributed by atoms with Crippen molar-refractivity contribution >= 4 is 11.9 Å². The maximum absolute atomic E-state index is 12.6. The lowest BCUT2D eigenvalue weighted by molar-refractivity contribution is -0.145. The fraction of sp³-hybridized carbons (Fsp3) is 0.467. The summed E-state index contributed by atoms with van der Waals surface area (Å²) in [5, 5.41) is 9.22. The van der Waals surface area contributed by atoms with Crippen molar-refractivity contribution in [1.29, 1.82) is 0 Å². The van der Waals surface area contributed by atoms with Gasteiger partial charge in [0.25, 0.3) is 0 Å². The third kappa shape index (κ3) is 3.22. The second-order valence-corrected chi connectivity index (χ2v) is 5.06. The van der Waals surface area contributed by atoms with Crippen LogP contribution in [0.4, 0.5) is 0 Å². The second kappa shape index (κ2) is 6.69. The molecule has 114 valence electrons. The Morgan fingerprint density at radius 2 is 2.05 bits per heavy atom. The first-order chi connectivity index (χ1) is 10.1. The van der Waals surface area contributed by atoms with Gasteiger partial charge in [0.1, 0.15) is 12.0 Å². The Hall–Kier alpha value is -1.92. The Bertz CT molecular complexity index is 506. The number of carbonyl (C=O) groups excluding carboxylic acids is 1. The predicted octanol–water partition coefficient (Wildman–Crippen LogP) is 0.635. The summed E-state index contributed by atoms with van der Waals surface area (Å²) < 4.78 is 5.23. The summed E-state index contributed by atoms with van der Waals surface area (Å²) in [6.45, 7) is 2.58. The van der Waals surface area contributed by atoms with Crippen molar-refractivity contribution in [3.05, 3.63) is 35.9 Å². The number of nitrogens with zero attached hydrogens (tertiary/aromatic N) is 1. The average Bonchev–Trinajstić information content (AvgIpc) is 2.97. The van der Waals surface area contributed by atoms with E-state index in [1.54, 1.807) is 12.1 Å². The van der Waals surface area contributed by atoms with Gasteiger partial charge in [-0.2, -0.15) is 0 Å². The van der Waals surface area contributed by atoms with E-state index in [2.05, 4.69) is 0 Å². The quantitative estimate of drug-likeness (QED) is 0.830. The monoisotopic (exact) mass is 292 g/mol. The highest BCUT2D eigenvalue weighted by Crippen LogP contribution is 2.23. The number of carbonyl (C=O) groups is 2. The van der Waals surface area contributed by atoms with Gasteiger partial charge >= 0.3 is 5.97 Å². The van der Waals surface area contributed by atoms with Crippen molar-refractivity contribution < 1.29 is 19.4 Å². The van der Waals surface area contributed by atoms with Gasteiger partial charge in [-0.25, -0.2) is 0 Å². The molecule has 3 unspecified atom stereocenters. The average molecular weight is 292 g/mol. The molecule has 1 aliphatic heterocycles. The third-order valence-corrected chi connectivity index (χ3v) is 3.82. The van der Waals surface area contributed by atoms with Crippen LogP contribution in [0.25, 0.3) is 0 Å². The first-order valence-corrected chi connectivity index (χ1v) is 6.97. The normalized spacial score (nSPS) is 22.8. The molecule has 2 rings (SSSR count). The number of ether oxygens (including phenoxy) is 1. The molecule has 3 N–H and O–H groups in total. The molecule has 6 heteroatoms. The van der Waals surface area contributed by atoms with Crippen LogP contribution >= 0.6 is 0 Å². The molecule has 6 nitrogen and oxygen atoms in total. The number of benzene rings is 1. The Morgan fingerprint density at radius 3 is 2.62 bits per heavy atom. The number of rotatable bonds is 5. The first-order valence-electron chi connectivity index (χ1n) is 6.97. The third-order valence-electron chi connectivity index (χ3n) is 3.82. The van der Waals surface area contributed by atoms with Crippen LogP contribution in [0.15, 0.2) is 30.3 Å². The zero-order valence-corrected chi connectivity index (χ0v) is 11.9. The van der Waals surface area contributed by atoms with Crippen LogP contribution in [0.2, 0.25) is 0 Å². The minimum absolute atomic E-state index is 0.129. The van der Waals surface area contributed by atoms with E-state index < -0.39 is 24.0 Å². The highest BCUT2D eigenvalue weighted by Gasteiger charge is 2.40. The molecular formula is C15H20N2O4. The maximum atomic E-state index is 12.6. The Morgan fingerprint density at radius 1 is 1.38 bits per heavy atom. The summed E-state index contributed by atoms with van der Waals surface area (Å²) >= 11 is 0. The van der Waals surface area contributed by atoms with Gasteiger partial charge in [0.05, 0.1) is 19.3 Å². The number of aliphatic carboxylic acids is 1. The molecule has 3 atom stereocenters. The molecule has 21 heavy (non-hydrogen) atoms. The van der Waals surface area contributed by atoms with Crippen LogP contribution in [0.3, 0.4) is 0 Å². The van der Waals surface area contributed by atoms with E-state index >= 15 is 0 Å². The number of hydrogen-bond acceptors (Lipinski definition) is 4. The zero-order chi connectivity index (χ0) is 15.4. The molecule has 1 aromatic carbocycles. The van der Waals surface area contributed by atoms with Crippen molar-refractivity contribution in [2.75, 3.05) is 19.8 Å². The number of nitrogens with two attached hydrogens (primary N) is 1. The highest BCUT2D eigenvalue weighted by molar-refractivity contribution is 5.84. The van der Waals surface area contributed by atoms with Gasteiger partial charge in [0.15, 0.2) is 0 Å². The molecule has 1 heterocycles. The molecule has 0 aliphatic carbocycles. The largest absolute Gasteiger partial charge is 0.481 e. The fourth-order valence-electron chi connectivity index (χ4n) is 2.62. The van der Waals surface area contributed by atoms with Gasteiger partial charge in [-0.05, 0) is 12.5 Å². The highest BCUT2D eigenvalue weighted by atomic mass is 16.5. The van der Waals surface area contributed by atoms with Gasteiger partial charge in [-0.15, -0.1) is 0 Å². The number of carboxylic acids is 1. The van der Waals surface area contributed by atoms with E-state index in [1.807, 2.05) is 25.1 Å². The SMILES string of the molecule is CCN(C(=O)C(N)c1ccccc1)C1COCC1C(=O)O. The summed E-state index contributed by atoms with van der Waals surface area (Å²) in [5.74, 6) is -1.92. The molecule has 1 aromatic rings. The van der Waals surface area contributed by atoms with Crippen molar-refractivity contribution in [2.24, 2.45) is 11.7 Å². The predicted molar refractivity (Wildman–Crippen MR) is 76.5 cm³/mol. The van der Waals surface area contributed by atoms with Gasteiger partial charge in [-0.3, -0.25) is 9.59 Å². The van der Waals surface area contributed by atoms with E-state index in [9.17, 15) is 14.7 Å². The van der Waals surface area contributed by atoms with Gasteiger partial charge in [-0.1, -0.05) is 30.3 Å². The summed E-state index contributed by atoms with van der Waals surface area (Å²) in [4.78, 5) is 25.3. The molecule has 0 saturated carbocycles. The lowest BCUT2D eigenvalue weighted by Crippen LogP contribution is -2.49. The van der Waals surface area contributed by atoms with Crippen LogP contribution < -0.4 is 5.73 Å². The summed E-state index contributed by atoms with van der Waals surface area (Å²) in [6, 6.07) is 7.81. The number of carboxylic acid groups (broad SMARTS) is 1. The Labute approximate surface area is 123 Å². The molecule has 0 bridgehead atoms. The number of amides is 1. The van der Waals surface area contributed by atoms with Crippen molar-refractivity contribution in [3.63, 3.8) is 0 Å². The molecule has 0 radical (unpaired) electrons. The molecule has 1 amide bonds. The smallest absolute Gasteiger partial charge is 0.311 e. The minimum atomic E-state index is -0.947. The molecule has 0 aromatic heterocycles. The number of likely N-dealkylation sites (N-methyl/N-ethyl adjacent to an activating group) is 1. The topological polar surface area (TPSA) is 92.9 Å². The number of hydrogen-bond donors (Lipinski definition) is 2. The second-order valence-electron chi connectivity index (χ2n) is 5.06. The van der Waals surface area contributed by atoms with Crippen molar-refractivity contribution in [2.45, 2.75) is 19.0 Å². The van der Waals surface area contributed by atoms with Crippen LogP contribution in [0, 0.1) is 5.92 Å². The van der Waals surface area contributed by atoms with Gasteiger partial charge in [0, 0.05) is 6.54 Å². The Balaban J connectivity index is 2.17. The summed E-state index contributed by atoms with van der Waals surface area (Å²) in [7, 11) is 0. The lowest BCUT2D eigenvalue weighted by atomic mass is 10.00. The molecular weight excluding hydrogens is 272 g/mol. The van der Waals surface area contributed by atoms with Crippen LogP contribution in [-0.2, 0) is 14.3 Å². The van der Waals surface area contributed by atoms with E-state index in [1.165, 1.54) is 4.90 Å². The first kappa shape index (κ1) is 15.5. The zero-order valence-electron chi connectivity index (χ0n) is 11.9. The van der Waals surface area contributed by atoms with E-state index in [0.29, 0.717) is 12.1 Å². The van der Waals surface area contributed by atoms with Gasteiger partial charge in [0.2, 0.25) is 5.91 Å². The van der Waals surface area contributed by atoms with Crippen LogP contribution in [0.5, 0.6) is 0 Å². The Kier molecular flexibility index (Phi) is 4.93. The van der Waals surface area contributed by atoms with E-state index in [4.69, 9.17) is 10.5 Å². The standard InChI is InChI=1S/C15H20N2O4/c1-2-17(12-9-21-8-11(12)15(19)20)14(18)13(16)10-6-4-3-5-7-10/h3-7,11-13H,2,8-9,16H2,1H3,(H,19,20). The molecule has 1 fully saturated rings. The van der Waals surface area contributed by atoms with Crippen LogP contribution in [0.1, 0.15) is 18.5 Å². The van der Waals surface area contributed by atoms with Crippen LogP contribution in [-0.4, -0.2) is 47.7 Å². The summed E-state index contributed by atoms with van der Waals surface area (Å²) in [6.07, 6.45) is 0. The maximum Gasteiger partial charge on any atom is 0.311 e. The van der Waals surface area contributed by atoms with Gasteiger partial charge < -0.3 is 20.5 Å². The molecule has 1 aliphatic rings. The van der Waals surface area contributed by atoms with E-state index in [0.717, 1.165) is 0 Å². The van der Waals surface area contributed by atoms with Crippen molar-refractivity contribution in [1.82, 2.24) is 4.90 Å². The lowest BCUT2D eigenvalue weighted by Gasteiger charge is -2.31. The summed E-state index contributed by atoms with van der Waals surface area (Å²) in [5.41, 5.74) is 6.74. The minimum Gasteiger partial charge on any atom is -0.481 e. The fourth-order valence-corrected chi connectivity index (χ4v) is 2.62. The van der Waals surface area contributed by atoms with Crippen molar-refractivity contribution in [3.8, 4) is 0 Å². The molecule has 0 spiro atoms.